The molecule has 0 aliphatic carbocycles. The molecule has 0 fully saturated rings. The number of ether oxygens (including phenoxy) is 2. The van der Waals surface area contributed by atoms with Gasteiger partial charge in [-0.05, 0) is 12.1 Å². The van der Waals surface area contributed by atoms with Crippen LogP contribution in [0.1, 0.15) is 0 Å². The molecule has 8 heteroatoms. The van der Waals surface area contributed by atoms with Crippen LogP contribution in [-0.2, 0) is 0 Å². The lowest BCUT2D eigenvalue weighted by atomic mass is 10.1. The normalized spacial score (nSPS) is 10.1. The molecule has 0 aliphatic heterocycles. The first-order chi connectivity index (χ1) is 9.55. The van der Waals surface area contributed by atoms with Gasteiger partial charge in [0.05, 0.1) is 19.1 Å². The number of hydrogen-bond donors (Lipinski definition) is 1. The molecule has 0 bridgehead atoms. The van der Waals surface area contributed by atoms with Crippen LogP contribution in [0.15, 0.2) is 24.4 Å². The van der Waals surface area contributed by atoms with Crippen LogP contribution in [-0.4, -0.2) is 29.1 Å². The summed E-state index contributed by atoms with van der Waals surface area (Å²) in [5.74, 6) is 0.934. The Labute approximate surface area is 114 Å². The standard InChI is InChI=1S/C12H12N4O4/c1-19-8-3-7(4-9(5-8)20-2)11-10(16(17)18)6-14-12(13)15-11/h3-6H,1-2H3,(H2,13,14,15). The van der Waals surface area contributed by atoms with Crippen LogP contribution in [0.2, 0.25) is 0 Å². The van der Waals surface area contributed by atoms with E-state index >= 15 is 0 Å². The number of benzene rings is 1. The lowest BCUT2D eigenvalue weighted by Gasteiger charge is -2.08. The van der Waals surface area contributed by atoms with Crippen molar-refractivity contribution < 1.29 is 14.4 Å². The molecule has 0 saturated carbocycles. The zero-order chi connectivity index (χ0) is 14.7. The molecule has 0 saturated heterocycles. The van der Waals surface area contributed by atoms with Gasteiger partial charge in [-0.1, -0.05) is 0 Å². The third-order valence-electron chi connectivity index (χ3n) is 2.61. The van der Waals surface area contributed by atoms with Crippen molar-refractivity contribution in [2.45, 2.75) is 0 Å². The average Bonchev–Trinajstić information content (AvgIpc) is 2.46. The first kappa shape index (κ1) is 13.5. The van der Waals surface area contributed by atoms with Crippen molar-refractivity contribution in [1.82, 2.24) is 9.97 Å². The number of nitrogens with zero attached hydrogens (tertiary/aromatic N) is 3. The number of nitrogen functional groups attached to an aromatic ring is 1. The summed E-state index contributed by atoms with van der Waals surface area (Å²) in [6.07, 6.45) is 1.07. The summed E-state index contributed by atoms with van der Waals surface area (Å²) in [6, 6.07) is 4.87. The van der Waals surface area contributed by atoms with Crippen LogP contribution in [0.4, 0.5) is 11.6 Å². The van der Waals surface area contributed by atoms with Gasteiger partial charge in [-0.3, -0.25) is 10.1 Å². The number of anilines is 1. The van der Waals surface area contributed by atoms with Gasteiger partial charge in [-0.2, -0.15) is 0 Å². The van der Waals surface area contributed by atoms with Crippen LogP contribution in [0.25, 0.3) is 11.3 Å². The van der Waals surface area contributed by atoms with Gasteiger partial charge in [0.25, 0.3) is 0 Å². The first-order valence-corrected chi connectivity index (χ1v) is 5.55. The monoisotopic (exact) mass is 276 g/mol. The van der Waals surface area contributed by atoms with Gasteiger partial charge in [-0.25, -0.2) is 9.97 Å². The quantitative estimate of drug-likeness (QED) is 0.667. The Hall–Kier alpha value is -2.90. The molecule has 2 rings (SSSR count). The minimum absolute atomic E-state index is 0.0487. The summed E-state index contributed by atoms with van der Waals surface area (Å²) in [7, 11) is 2.97. The van der Waals surface area contributed by atoms with Crippen molar-refractivity contribution in [3.8, 4) is 22.8 Å². The highest BCUT2D eigenvalue weighted by molar-refractivity contribution is 5.72. The molecule has 1 aromatic heterocycles. The van der Waals surface area contributed by atoms with Gasteiger partial charge in [0.1, 0.15) is 17.7 Å². The topological polar surface area (TPSA) is 113 Å². The van der Waals surface area contributed by atoms with E-state index in [4.69, 9.17) is 15.2 Å². The second-order valence-electron chi connectivity index (χ2n) is 3.82. The van der Waals surface area contributed by atoms with Crippen LogP contribution < -0.4 is 15.2 Å². The van der Waals surface area contributed by atoms with Crippen molar-refractivity contribution in [3.63, 3.8) is 0 Å². The minimum Gasteiger partial charge on any atom is -0.497 e. The van der Waals surface area contributed by atoms with E-state index in [1.807, 2.05) is 0 Å². The maximum atomic E-state index is 11.0. The molecule has 2 aromatic rings. The molecule has 1 heterocycles. The van der Waals surface area contributed by atoms with Crippen LogP contribution >= 0.6 is 0 Å². The summed E-state index contributed by atoms with van der Waals surface area (Å²) in [6.45, 7) is 0. The fourth-order valence-electron chi connectivity index (χ4n) is 1.68. The smallest absolute Gasteiger partial charge is 0.313 e. The van der Waals surface area contributed by atoms with E-state index in [1.54, 1.807) is 18.2 Å². The lowest BCUT2D eigenvalue weighted by Crippen LogP contribution is -2.01. The van der Waals surface area contributed by atoms with E-state index in [1.165, 1.54) is 14.2 Å². The highest BCUT2D eigenvalue weighted by Crippen LogP contribution is 2.33. The summed E-state index contributed by atoms with van der Waals surface area (Å²) in [5.41, 5.74) is 5.83. The van der Waals surface area contributed by atoms with Gasteiger partial charge in [-0.15, -0.1) is 0 Å². The van der Waals surface area contributed by atoms with Crippen molar-refractivity contribution in [2.75, 3.05) is 20.0 Å². The zero-order valence-corrected chi connectivity index (χ0v) is 10.9. The largest absolute Gasteiger partial charge is 0.497 e. The Bertz CT molecular complexity index is 638. The van der Waals surface area contributed by atoms with Crippen molar-refractivity contribution >= 4 is 11.6 Å². The predicted molar refractivity (Wildman–Crippen MR) is 71.6 cm³/mol. The number of nitrogens with two attached hydrogens (primary N) is 1. The second kappa shape index (κ2) is 5.39. The molecule has 8 nitrogen and oxygen atoms in total. The van der Waals surface area contributed by atoms with E-state index in [9.17, 15) is 10.1 Å². The van der Waals surface area contributed by atoms with E-state index in [0.29, 0.717) is 17.1 Å². The molecule has 0 unspecified atom stereocenters. The molecule has 20 heavy (non-hydrogen) atoms. The van der Waals surface area contributed by atoms with Gasteiger partial charge >= 0.3 is 5.69 Å². The number of rotatable bonds is 4. The highest BCUT2D eigenvalue weighted by Gasteiger charge is 2.19. The molecule has 1 aromatic carbocycles. The summed E-state index contributed by atoms with van der Waals surface area (Å²) < 4.78 is 10.2. The van der Waals surface area contributed by atoms with Gasteiger partial charge in [0.15, 0.2) is 5.69 Å². The zero-order valence-electron chi connectivity index (χ0n) is 10.9. The SMILES string of the molecule is COc1cc(OC)cc(-c2nc(N)ncc2[N+](=O)[O-])c1. The molecule has 104 valence electrons. The summed E-state index contributed by atoms with van der Waals surface area (Å²) in [5, 5.41) is 11.0. The van der Waals surface area contributed by atoms with Gasteiger partial charge in [0.2, 0.25) is 5.95 Å². The van der Waals surface area contributed by atoms with Crippen molar-refractivity contribution in [1.29, 1.82) is 0 Å². The number of aromatic nitrogens is 2. The summed E-state index contributed by atoms with van der Waals surface area (Å²) in [4.78, 5) is 18.0. The average molecular weight is 276 g/mol. The first-order valence-electron chi connectivity index (χ1n) is 5.55. The van der Waals surface area contributed by atoms with Crippen LogP contribution in [0.3, 0.4) is 0 Å². The van der Waals surface area contributed by atoms with E-state index in [2.05, 4.69) is 9.97 Å². The Balaban J connectivity index is 2.66. The Kier molecular flexibility index (Phi) is 3.65. The molecule has 0 spiro atoms. The minimum atomic E-state index is -0.569. The number of nitro groups is 1. The van der Waals surface area contributed by atoms with Gasteiger partial charge in [0, 0.05) is 11.6 Å². The van der Waals surface area contributed by atoms with E-state index in [-0.39, 0.29) is 17.3 Å². The predicted octanol–water partition coefficient (Wildman–Crippen LogP) is 1.65. The third-order valence-corrected chi connectivity index (χ3v) is 2.61. The van der Waals surface area contributed by atoms with Crippen molar-refractivity contribution in [3.05, 3.63) is 34.5 Å². The van der Waals surface area contributed by atoms with Crippen molar-refractivity contribution in [2.24, 2.45) is 0 Å². The maximum absolute atomic E-state index is 11.0. The Morgan fingerprint density at radius 3 is 2.30 bits per heavy atom. The Morgan fingerprint density at radius 2 is 1.80 bits per heavy atom. The van der Waals surface area contributed by atoms with E-state index in [0.717, 1.165) is 6.20 Å². The molecular weight excluding hydrogens is 264 g/mol. The second-order valence-corrected chi connectivity index (χ2v) is 3.82. The number of hydrogen-bond acceptors (Lipinski definition) is 7. The fourth-order valence-corrected chi connectivity index (χ4v) is 1.68. The number of methoxy groups -OCH3 is 2. The van der Waals surface area contributed by atoms with Crippen LogP contribution in [0, 0.1) is 10.1 Å². The third kappa shape index (κ3) is 2.58. The van der Waals surface area contributed by atoms with Crippen LogP contribution in [0.5, 0.6) is 11.5 Å². The highest BCUT2D eigenvalue weighted by atomic mass is 16.6. The van der Waals surface area contributed by atoms with E-state index < -0.39 is 4.92 Å². The molecule has 0 aliphatic rings. The Morgan fingerprint density at radius 1 is 1.20 bits per heavy atom. The molecular formula is C12H12N4O4. The fraction of sp³-hybridized carbons (Fsp3) is 0.167. The molecule has 0 radical (unpaired) electrons. The van der Waals surface area contributed by atoms with Gasteiger partial charge < -0.3 is 15.2 Å². The molecule has 2 N–H and O–H groups in total. The molecule has 0 atom stereocenters. The lowest BCUT2D eigenvalue weighted by molar-refractivity contribution is -0.384. The summed E-state index contributed by atoms with van der Waals surface area (Å²) >= 11 is 0. The molecule has 0 amide bonds. The maximum Gasteiger partial charge on any atom is 0.313 e.